The van der Waals surface area contributed by atoms with Crippen LogP contribution in [0.2, 0.25) is 0 Å². The van der Waals surface area contributed by atoms with Crippen molar-refractivity contribution in [1.82, 2.24) is 19.9 Å². The van der Waals surface area contributed by atoms with Crippen molar-refractivity contribution >= 4 is 0 Å². The fourth-order valence-electron chi connectivity index (χ4n) is 3.02. The van der Waals surface area contributed by atoms with Crippen molar-refractivity contribution in [3.05, 3.63) is 41.7 Å². The number of β-amino-alcohol motifs (C(OH)–C–C–N with tert-alkyl or cyclic N) is 1. The van der Waals surface area contributed by atoms with Gasteiger partial charge in [-0.05, 0) is 38.8 Å². The van der Waals surface area contributed by atoms with Crippen LogP contribution in [-0.2, 0) is 5.60 Å². The van der Waals surface area contributed by atoms with Gasteiger partial charge in [-0.3, -0.25) is 4.90 Å². The van der Waals surface area contributed by atoms with E-state index in [1.807, 2.05) is 51.2 Å². The molecule has 1 aromatic heterocycles. The molecule has 1 N–H and O–H groups in total. The van der Waals surface area contributed by atoms with Crippen molar-refractivity contribution in [2.75, 3.05) is 26.2 Å². The number of rotatable bonds is 6. The summed E-state index contributed by atoms with van der Waals surface area (Å²) in [5, 5.41) is 19.2. The van der Waals surface area contributed by atoms with E-state index in [0.717, 1.165) is 24.4 Å². The predicted molar refractivity (Wildman–Crippen MR) is 92.0 cm³/mol. The first-order chi connectivity index (χ1) is 11.5. The van der Waals surface area contributed by atoms with E-state index in [2.05, 4.69) is 15.2 Å². The lowest BCUT2D eigenvalue weighted by atomic mass is 10.00. The summed E-state index contributed by atoms with van der Waals surface area (Å²) in [5.41, 5.74) is 0.898. The summed E-state index contributed by atoms with van der Waals surface area (Å²) in [4.78, 5) is 2.21. The largest absolute Gasteiger partial charge is 0.492 e. The van der Waals surface area contributed by atoms with Crippen molar-refractivity contribution in [2.24, 2.45) is 0 Å². The fraction of sp³-hybridized carbons (Fsp3) is 0.556. The monoisotopic (exact) mass is 330 g/mol. The van der Waals surface area contributed by atoms with E-state index in [1.54, 1.807) is 4.68 Å². The molecule has 2 heterocycles. The number of aryl methyl sites for hydroxylation is 1. The molecule has 1 aliphatic heterocycles. The molecule has 6 heteroatoms. The van der Waals surface area contributed by atoms with E-state index in [1.165, 1.54) is 0 Å². The van der Waals surface area contributed by atoms with Gasteiger partial charge in [-0.25, -0.2) is 4.68 Å². The summed E-state index contributed by atoms with van der Waals surface area (Å²) in [5.74, 6) is 0.923. The molecule has 1 aromatic carbocycles. The molecular weight excluding hydrogens is 304 g/mol. The number of para-hydroxylation sites is 1. The topological polar surface area (TPSA) is 63.4 Å². The van der Waals surface area contributed by atoms with E-state index in [-0.39, 0.29) is 6.04 Å². The second-order valence-electron chi connectivity index (χ2n) is 6.85. The average Bonchev–Trinajstić information content (AvgIpc) is 3.17. The quantitative estimate of drug-likeness (QED) is 0.879. The minimum Gasteiger partial charge on any atom is -0.492 e. The van der Waals surface area contributed by atoms with Crippen LogP contribution in [-0.4, -0.2) is 51.2 Å². The van der Waals surface area contributed by atoms with E-state index in [9.17, 15) is 5.11 Å². The Labute approximate surface area is 143 Å². The zero-order chi connectivity index (χ0) is 17.2. The third-order valence-corrected chi connectivity index (χ3v) is 4.60. The molecule has 130 valence electrons. The van der Waals surface area contributed by atoms with E-state index >= 15 is 0 Å². The lowest BCUT2D eigenvalue weighted by Gasteiger charge is -2.21. The third kappa shape index (κ3) is 3.60. The van der Waals surface area contributed by atoms with Gasteiger partial charge in [-0.15, -0.1) is 5.10 Å². The first kappa shape index (κ1) is 16.9. The predicted octanol–water partition coefficient (Wildman–Crippen LogP) is 2.14. The van der Waals surface area contributed by atoms with Crippen LogP contribution in [0.4, 0.5) is 0 Å². The van der Waals surface area contributed by atoms with Crippen LogP contribution < -0.4 is 4.74 Å². The second kappa shape index (κ2) is 6.91. The van der Waals surface area contributed by atoms with E-state index in [0.29, 0.717) is 25.3 Å². The molecule has 0 bridgehead atoms. The molecule has 0 saturated carbocycles. The van der Waals surface area contributed by atoms with Gasteiger partial charge in [0.05, 0.1) is 6.20 Å². The Kier molecular flexibility index (Phi) is 4.87. The van der Waals surface area contributed by atoms with Gasteiger partial charge < -0.3 is 9.84 Å². The van der Waals surface area contributed by atoms with E-state index < -0.39 is 5.60 Å². The van der Waals surface area contributed by atoms with Crippen molar-refractivity contribution in [3.8, 4) is 5.75 Å². The highest BCUT2D eigenvalue weighted by molar-refractivity contribution is 5.31. The molecule has 1 atom stereocenters. The molecule has 2 aromatic rings. The summed E-state index contributed by atoms with van der Waals surface area (Å²) in [6, 6.07) is 8.26. The summed E-state index contributed by atoms with van der Waals surface area (Å²) in [6.07, 6.45) is 2.53. The first-order valence-corrected chi connectivity index (χ1v) is 8.53. The van der Waals surface area contributed by atoms with Crippen LogP contribution in [0, 0.1) is 6.92 Å². The lowest BCUT2D eigenvalue weighted by Crippen LogP contribution is -2.33. The minimum absolute atomic E-state index is 0.245. The average molecular weight is 330 g/mol. The van der Waals surface area contributed by atoms with Crippen molar-refractivity contribution in [1.29, 1.82) is 0 Å². The number of benzene rings is 1. The molecule has 0 radical (unpaired) electrons. The van der Waals surface area contributed by atoms with Crippen LogP contribution in [0.5, 0.6) is 5.75 Å². The molecule has 6 nitrogen and oxygen atoms in total. The Bertz CT molecular complexity index is 685. The highest BCUT2D eigenvalue weighted by Crippen LogP contribution is 2.30. The molecule has 1 fully saturated rings. The molecule has 0 unspecified atom stereocenters. The number of aliphatic hydroxyl groups is 1. The van der Waals surface area contributed by atoms with Crippen molar-refractivity contribution in [3.63, 3.8) is 0 Å². The van der Waals surface area contributed by atoms with Crippen LogP contribution >= 0.6 is 0 Å². The summed E-state index contributed by atoms with van der Waals surface area (Å²) >= 11 is 0. The van der Waals surface area contributed by atoms with Gasteiger partial charge in [0.1, 0.15) is 23.7 Å². The Morgan fingerprint density at radius 2 is 2.12 bits per heavy atom. The van der Waals surface area contributed by atoms with Crippen LogP contribution in [0.1, 0.15) is 37.6 Å². The number of aromatic nitrogens is 3. The van der Waals surface area contributed by atoms with Gasteiger partial charge in [-0.2, -0.15) is 0 Å². The zero-order valence-corrected chi connectivity index (χ0v) is 14.6. The van der Waals surface area contributed by atoms with Gasteiger partial charge in [0.25, 0.3) is 0 Å². The maximum Gasteiger partial charge on any atom is 0.124 e. The molecular formula is C18H26N4O2. The number of likely N-dealkylation sites (tertiary alicyclic amines) is 1. The summed E-state index contributed by atoms with van der Waals surface area (Å²) < 4.78 is 7.64. The Morgan fingerprint density at radius 1 is 1.33 bits per heavy atom. The van der Waals surface area contributed by atoms with Crippen molar-refractivity contribution in [2.45, 2.75) is 38.8 Å². The van der Waals surface area contributed by atoms with Crippen LogP contribution in [0.25, 0.3) is 0 Å². The van der Waals surface area contributed by atoms with Gasteiger partial charge in [0.15, 0.2) is 0 Å². The normalized spacial score (nSPS) is 21.5. The Balaban J connectivity index is 1.54. The smallest absolute Gasteiger partial charge is 0.124 e. The molecule has 0 amide bonds. The standard InChI is InChI=1S/C18H26N4O2/c1-14(2)22-12-17(19-20-22)18(23)8-9-21(13-18)10-11-24-16-7-5-4-6-15(16)3/h4-7,12,14,23H,8-11,13H2,1-3H3/t18-/m1/s1. The molecule has 1 saturated heterocycles. The highest BCUT2D eigenvalue weighted by Gasteiger charge is 2.40. The summed E-state index contributed by atoms with van der Waals surface area (Å²) in [7, 11) is 0. The van der Waals surface area contributed by atoms with Gasteiger partial charge in [-0.1, -0.05) is 23.4 Å². The highest BCUT2D eigenvalue weighted by atomic mass is 16.5. The number of hydrogen-bond acceptors (Lipinski definition) is 5. The SMILES string of the molecule is Cc1ccccc1OCCN1CC[C@](O)(c2cn(C(C)C)nn2)C1. The molecule has 1 aliphatic rings. The maximum absolute atomic E-state index is 10.9. The van der Waals surface area contributed by atoms with Gasteiger partial charge in [0, 0.05) is 25.7 Å². The third-order valence-electron chi connectivity index (χ3n) is 4.60. The molecule has 3 rings (SSSR count). The number of ether oxygens (including phenoxy) is 1. The zero-order valence-electron chi connectivity index (χ0n) is 14.6. The number of hydrogen-bond donors (Lipinski definition) is 1. The van der Waals surface area contributed by atoms with E-state index in [4.69, 9.17) is 4.74 Å². The minimum atomic E-state index is -0.907. The second-order valence-corrected chi connectivity index (χ2v) is 6.85. The van der Waals surface area contributed by atoms with Crippen molar-refractivity contribution < 1.29 is 9.84 Å². The van der Waals surface area contributed by atoms with Gasteiger partial charge >= 0.3 is 0 Å². The fourth-order valence-corrected chi connectivity index (χ4v) is 3.02. The first-order valence-electron chi connectivity index (χ1n) is 8.53. The van der Waals surface area contributed by atoms with Crippen LogP contribution in [0.15, 0.2) is 30.5 Å². The lowest BCUT2D eigenvalue weighted by molar-refractivity contribution is 0.0403. The maximum atomic E-state index is 10.9. The number of nitrogens with zero attached hydrogens (tertiary/aromatic N) is 4. The Morgan fingerprint density at radius 3 is 2.83 bits per heavy atom. The Hall–Kier alpha value is -1.92. The molecule has 0 spiro atoms. The summed E-state index contributed by atoms with van der Waals surface area (Å²) in [6.45, 7) is 8.94. The van der Waals surface area contributed by atoms with Crippen LogP contribution in [0.3, 0.4) is 0 Å². The molecule has 0 aliphatic carbocycles. The van der Waals surface area contributed by atoms with Gasteiger partial charge in [0.2, 0.25) is 0 Å². The molecule has 24 heavy (non-hydrogen) atoms.